The van der Waals surface area contributed by atoms with Crippen LogP contribution in [0.2, 0.25) is 0 Å². The van der Waals surface area contributed by atoms with Gasteiger partial charge in [-0.1, -0.05) is 18.2 Å². The summed E-state index contributed by atoms with van der Waals surface area (Å²) in [4.78, 5) is 38.9. The molecule has 1 aliphatic carbocycles. The number of alkyl halides is 9. The van der Waals surface area contributed by atoms with E-state index in [9.17, 15) is 59.0 Å². The maximum atomic E-state index is 15.1. The number of pyridine rings is 1. The van der Waals surface area contributed by atoms with Gasteiger partial charge in [0.2, 0.25) is 0 Å². The van der Waals surface area contributed by atoms with Gasteiger partial charge in [0, 0.05) is 37.2 Å². The summed E-state index contributed by atoms with van der Waals surface area (Å²) in [6.45, 7) is -1.39. The molecule has 5 rings (SSSR count). The fourth-order valence-corrected chi connectivity index (χ4v) is 6.56. The second kappa shape index (κ2) is 13.5. The van der Waals surface area contributed by atoms with Crippen LogP contribution in [-0.4, -0.2) is 59.6 Å². The summed E-state index contributed by atoms with van der Waals surface area (Å²) in [6.07, 6.45) is -16.3. The molecule has 51 heavy (non-hydrogen) atoms. The van der Waals surface area contributed by atoms with E-state index in [1.54, 1.807) is 0 Å². The van der Waals surface area contributed by atoms with E-state index in [-0.39, 0.29) is 53.3 Å². The summed E-state index contributed by atoms with van der Waals surface area (Å²) in [5, 5.41) is 11.8. The van der Waals surface area contributed by atoms with Gasteiger partial charge in [0.15, 0.2) is 0 Å². The lowest BCUT2D eigenvalue weighted by Gasteiger charge is -2.38. The molecule has 1 aromatic heterocycles. The van der Waals surface area contributed by atoms with Crippen molar-refractivity contribution in [3.8, 4) is 0 Å². The lowest BCUT2D eigenvalue weighted by atomic mass is 9.88. The third kappa shape index (κ3) is 7.38. The van der Waals surface area contributed by atoms with Crippen LogP contribution < -0.4 is 15.8 Å². The largest absolute Gasteiger partial charge is 0.480 e. The van der Waals surface area contributed by atoms with Crippen molar-refractivity contribution in [2.24, 2.45) is 7.05 Å². The van der Waals surface area contributed by atoms with Gasteiger partial charge in [0.25, 0.3) is 11.5 Å². The first-order valence-electron chi connectivity index (χ1n) is 15.0. The monoisotopic (exact) mass is 741 g/mol. The minimum Gasteiger partial charge on any atom is -0.480 e. The Balaban J connectivity index is 1.44. The van der Waals surface area contributed by atoms with Crippen LogP contribution in [0.4, 0.5) is 54.0 Å². The number of hydrogen-bond acceptors (Lipinski definition) is 5. The van der Waals surface area contributed by atoms with Crippen LogP contribution in [-0.2, 0) is 41.8 Å². The number of anilines is 1. The minimum atomic E-state index is -5.35. The van der Waals surface area contributed by atoms with Crippen LogP contribution in [0.3, 0.4) is 0 Å². The van der Waals surface area contributed by atoms with Crippen LogP contribution >= 0.6 is 0 Å². The lowest BCUT2D eigenvalue weighted by molar-refractivity contribution is -0.167. The number of halogens is 11. The van der Waals surface area contributed by atoms with Crippen molar-refractivity contribution in [1.82, 2.24) is 9.88 Å². The molecule has 2 heterocycles. The van der Waals surface area contributed by atoms with Gasteiger partial charge in [-0.25, -0.2) is 13.6 Å². The van der Waals surface area contributed by atoms with E-state index < -0.39 is 107 Å². The van der Waals surface area contributed by atoms with E-state index in [1.165, 1.54) is 18.2 Å². The zero-order chi connectivity index (χ0) is 37.8. The van der Waals surface area contributed by atoms with Gasteiger partial charge in [-0.15, -0.1) is 0 Å². The number of hydrogen-bond donors (Lipinski definition) is 2. The van der Waals surface area contributed by atoms with Gasteiger partial charge in [-0.2, -0.15) is 39.5 Å². The smallest absolute Gasteiger partial charge is 0.431 e. The number of carboxylic acids is 1. The van der Waals surface area contributed by atoms with E-state index in [1.807, 2.05) is 5.32 Å². The number of nitrogens with zero attached hydrogens (tertiary/aromatic N) is 2. The number of carbonyl (C=O) groups excluding carboxylic acids is 1. The fraction of sp³-hybridized carbons (Fsp3) is 0.406. The third-order valence-corrected chi connectivity index (χ3v) is 8.90. The fourth-order valence-electron chi connectivity index (χ4n) is 6.56. The Morgan fingerprint density at radius 3 is 2.22 bits per heavy atom. The van der Waals surface area contributed by atoms with Crippen LogP contribution in [0.5, 0.6) is 0 Å². The lowest BCUT2D eigenvalue weighted by Crippen LogP contribution is -2.53. The van der Waals surface area contributed by atoms with Crippen LogP contribution in [0.25, 0.3) is 0 Å². The maximum absolute atomic E-state index is 15.1. The van der Waals surface area contributed by atoms with Gasteiger partial charge in [-0.05, 0) is 47.7 Å². The Morgan fingerprint density at radius 1 is 1.00 bits per heavy atom. The second-order valence-electron chi connectivity index (χ2n) is 12.0. The van der Waals surface area contributed by atoms with Crippen molar-refractivity contribution in [1.29, 1.82) is 0 Å². The molecule has 1 amide bonds. The van der Waals surface area contributed by atoms with Gasteiger partial charge in [-0.3, -0.25) is 9.59 Å². The number of aliphatic carboxylic acids is 1. The summed E-state index contributed by atoms with van der Waals surface area (Å²) < 4.78 is 158. The predicted octanol–water partition coefficient (Wildman–Crippen LogP) is 5.97. The number of amides is 1. The number of carbonyl (C=O) groups is 2. The van der Waals surface area contributed by atoms with E-state index in [0.29, 0.717) is 24.1 Å². The summed E-state index contributed by atoms with van der Waals surface area (Å²) in [7, 11) is 0.683. The van der Waals surface area contributed by atoms with Crippen LogP contribution in [0.15, 0.2) is 41.2 Å². The molecule has 0 radical (unpaired) electrons. The summed E-state index contributed by atoms with van der Waals surface area (Å²) in [5.41, 5.74) is -7.42. The number of nitrogens with one attached hydrogen (secondary N) is 1. The average Bonchev–Trinajstić information content (AvgIpc) is 3.44. The van der Waals surface area contributed by atoms with Gasteiger partial charge in [0.1, 0.15) is 35.0 Å². The molecule has 2 aliphatic rings. The maximum Gasteiger partial charge on any atom is 0.431 e. The van der Waals surface area contributed by atoms with Gasteiger partial charge >= 0.3 is 24.5 Å². The molecule has 1 unspecified atom stereocenters. The van der Waals surface area contributed by atoms with Crippen molar-refractivity contribution in [2.45, 2.75) is 55.8 Å². The topological polar surface area (TPSA) is 101 Å². The number of aromatic nitrogens is 1. The van der Waals surface area contributed by atoms with Gasteiger partial charge < -0.3 is 24.6 Å². The molecule has 19 heteroatoms. The Morgan fingerprint density at radius 2 is 1.65 bits per heavy atom. The quantitative estimate of drug-likeness (QED) is 0.290. The molecule has 3 atom stereocenters. The average molecular weight is 742 g/mol. The van der Waals surface area contributed by atoms with E-state index in [0.717, 1.165) is 0 Å². The summed E-state index contributed by atoms with van der Waals surface area (Å²) >= 11 is 0. The molecule has 1 aliphatic heterocycles. The minimum absolute atomic E-state index is 0.0525. The highest BCUT2D eigenvalue weighted by molar-refractivity contribution is 5.97. The standard InChI is InChI=1S/C32H26F11N3O5/c1-45-23(31(38,39)40)12-19(30(35,36)37)25(28(45)48)18-6-5-16-14(3-2-4-17(16)18)9-22(29(49)50)44-27(47)26-20(33)10-15(11-21(26)34)46-7-8-51-13-24(46)32(41,42)43/h2-4,10-12,18,22,24H,5-9,13H2,1H3,(H,44,47)(H,49,50)/t18?,22-,24+/m0/s1. The third-order valence-electron chi connectivity index (χ3n) is 8.90. The molecule has 276 valence electrons. The first-order chi connectivity index (χ1) is 23.6. The molecule has 0 bridgehead atoms. The highest BCUT2D eigenvalue weighted by atomic mass is 19.4. The van der Waals surface area contributed by atoms with Crippen LogP contribution in [0.1, 0.15) is 56.2 Å². The van der Waals surface area contributed by atoms with Crippen molar-refractivity contribution in [3.05, 3.63) is 97.5 Å². The Hall–Kier alpha value is -4.68. The second-order valence-corrected chi connectivity index (χ2v) is 12.0. The first kappa shape index (κ1) is 37.6. The highest BCUT2D eigenvalue weighted by Crippen LogP contribution is 2.45. The molecular formula is C32H26F11N3O5. The van der Waals surface area contributed by atoms with Gasteiger partial charge in [0.05, 0.1) is 18.8 Å². The van der Waals surface area contributed by atoms with Crippen molar-refractivity contribution in [2.75, 3.05) is 24.7 Å². The number of benzene rings is 2. The number of morpholine rings is 1. The molecule has 3 aromatic rings. The van der Waals surface area contributed by atoms with Crippen molar-refractivity contribution in [3.63, 3.8) is 0 Å². The molecule has 8 nitrogen and oxygen atoms in total. The van der Waals surface area contributed by atoms with Crippen molar-refractivity contribution >= 4 is 17.6 Å². The molecule has 0 spiro atoms. The normalized spacial score (nSPS) is 18.8. The van der Waals surface area contributed by atoms with Crippen LogP contribution in [0, 0.1) is 11.6 Å². The molecular weight excluding hydrogens is 715 g/mol. The SMILES string of the molecule is Cn1c(C(F)(F)F)cc(C(F)(F)F)c(C2CCc3c(C[C@H](NC(=O)c4c(F)cc(N5CCOC[C@@H]5C(F)(F)F)cc4F)C(=O)O)cccc32)c1=O. The summed E-state index contributed by atoms with van der Waals surface area (Å²) in [6, 6.07) is 0.670. The number of rotatable bonds is 7. The zero-order valence-electron chi connectivity index (χ0n) is 26.1. The molecule has 0 saturated carbocycles. The first-order valence-corrected chi connectivity index (χ1v) is 15.0. The van der Waals surface area contributed by atoms with E-state index >= 15 is 8.78 Å². The number of carboxylic acid groups (broad SMARTS) is 1. The Bertz CT molecular complexity index is 1900. The van der Waals surface area contributed by atoms with E-state index in [4.69, 9.17) is 4.74 Å². The van der Waals surface area contributed by atoms with Crippen molar-refractivity contribution < 1.29 is 67.7 Å². The molecule has 2 aromatic carbocycles. The molecule has 2 N–H and O–H groups in total. The molecule has 1 fully saturated rings. The summed E-state index contributed by atoms with van der Waals surface area (Å²) in [5.74, 6) is -7.82. The predicted molar refractivity (Wildman–Crippen MR) is 155 cm³/mol. The molecule has 1 saturated heterocycles. The number of fused-ring (bicyclic) bond motifs is 1. The van der Waals surface area contributed by atoms with E-state index in [2.05, 4.69) is 0 Å². The Kier molecular flexibility index (Phi) is 9.92. The number of ether oxygens (including phenoxy) is 1. The Labute approximate surface area is 280 Å². The zero-order valence-corrected chi connectivity index (χ0v) is 26.1. The highest BCUT2D eigenvalue weighted by Gasteiger charge is 2.46.